The van der Waals surface area contributed by atoms with Crippen LogP contribution in [-0.2, 0) is 0 Å². The van der Waals surface area contributed by atoms with Gasteiger partial charge in [0.1, 0.15) is 5.69 Å². The van der Waals surface area contributed by atoms with Crippen LogP contribution in [0.4, 0.5) is 11.4 Å². The second-order valence-electron chi connectivity index (χ2n) is 2.90. The number of benzene rings is 1. The number of hydrogen-bond donors (Lipinski definition) is 2. The molecule has 0 aliphatic rings. The average Bonchev–Trinajstić information content (AvgIpc) is 2.69. The molecule has 0 aliphatic carbocycles. The highest BCUT2D eigenvalue weighted by Crippen LogP contribution is 2.26. The van der Waals surface area contributed by atoms with Crippen molar-refractivity contribution in [3.8, 4) is 11.3 Å². The second-order valence-corrected chi connectivity index (χ2v) is 2.90. The highest BCUT2D eigenvalue weighted by molar-refractivity contribution is 5.69. The summed E-state index contributed by atoms with van der Waals surface area (Å²) in [7, 11) is 0. The van der Waals surface area contributed by atoms with Crippen molar-refractivity contribution in [3.63, 3.8) is 0 Å². The van der Waals surface area contributed by atoms with E-state index in [2.05, 4.69) is 15.4 Å². The van der Waals surface area contributed by atoms with Gasteiger partial charge in [0.05, 0.1) is 16.8 Å². The van der Waals surface area contributed by atoms with E-state index in [9.17, 15) is 10.1 Å². The summed E-state index contributed by atoms with van der Waals surface area (Å²) in [6.45, 7) is 0. The fourth-order valence-electron chi connectivity index (χ4n) is 1.23. The third-order valence-corrected chi connectivity index (χ3v) is 1.95. The Kier molecular flexibility index (Phi) is 2.05. The molecule has 0 atom stereocenters. The summed E-state index contributed by atoms with van der Waals surface area (Å²) in [6.07, 6.45) is 1.51. The smallest absolute Gasteiger partial charge is 0.292 e. The Labute approximate surface area is 84.1 Å². The van der Waals surface area contributed by atoms with Gasteiger partial charge >= 0.3 is 0 Å². The molecule has 2 aromatic rings. The van der Waals surface area contributed by atoms with Gasteiger partial charge in [-0.05, 0) is 12.1 Å². The van der Waals surface area contributed by atoms with E-state index in [4.69, 9.17) is 5.73 Å². The van der Waals surface area contributed by atoms with E-state index < -0.39 is 4.92 Å². The first-order valence-corrected chi connectivity index (χ1v) is 4.09. The van der Waals surface area contributed by atoms with Gasteiger partial charge in [0.2, 0.25) is 0 Å². The minimum Gasteiger partial charge on any atom is -0.393 e. The molecule has 2 rings (SSSR count). The highest BCUT2D eigenvalue weighted by atomic mass is 16.6. The summed E-state index contributed by atoms with van der Waals surface area (Å²) >= 11 is 0. The lowest BCUT2D eigenvalue weighted by atomic mass is 10.1. The van der Waals surface area contributed by atoms with Crippen LogP contribution in [0.2, 0.25) is 0 Å². The van der Waals surface area contributed by atoms with Crippen LogP contribution in [0, 0.1) is 10.1 Å². The van der Waals surface area contributed by atoms with E-state index in [1.807, 2.05) is 0 Å². The Hall–Kier alpha value is -2.44. The lowest BCUT2D eigenvalue weighted by Gasteiger charge is -1.99. The number of hydrogen-bond acceptors (Lipinski definition) is 5. The van der Waals surface area contributed by atoms with Crippen molar-refractivity contribution in [1.82, 2.24) is 15.4 Å². The number of anilines is 1. The zero-order valence-electron chi connectivity index (χ0n) is 7.54. The van der Waals surface area contributed by atoms with E-state index in [-0.39, 0.29) is 11.4 Å². The number of nitrogens with two attached hydrogens (primary N) is 1. The maximum absolute atomic E-state index is 10.5. The number of nitro groups is 1. The molecule has 0 amide bonds. The number of H-pyrrole nitrogens is 1. The van der Waals surface area contributed by atoms with Crippen LogP contribution in [0.25, 0.3) is 11.3 Å². The maximum atomic E-state index is 10.5. The van der Waals surface area contributed by atoms with Crippen molar-refractivity contribution in [2.24, 2.45) is 0 Å². The Bertz CT molecular complexity index is 494. The molecule has 7 heteroatoms. The monoisotopic (exact) mass is 205 g/mol. The molecule has 15 heavy (non-hydrogen) atoms. The Morgan fingerprint density at radius 3 is 2.80 bits per heavy atom. The highest BCUT2D eigenvalue weighted by Gasteiger charge is 2.12. The van der Waals surface area contributed by atoms with Crippen LogP contribution in [0.3, 0.4) is 0 Å². The second kappa shape index (κ2) is 3.37. The molecule has 0 saturated carbocycles. The van der Waals surface area contributed by atoms with Gasteiger partial charge in [-0.15, -0.1) is 5.10 Å². The molecule has 0 unspecified atom stereocenters. The number of rotatable bonds is 2. The molecule has 1 aromatic carbocycles. The van der Waals surface area contributed by atoms with Crippen molar-refractivity contribution in [2.45, 2.75) is 0 Å². The fourth-order valence-corrected chi connectivity index (χ4v) is 1.23. The first-order valence-electron chi connectivity index (χ1n) is 4.09. The van der Waals surface area contributed by atoms with E-state index >= 15 is 0 Å². The minimum atomic E-state index is -0.523. The quantitative estimate of drug-likeness (QED) is 0.431. The van der Waals surface area contributed by atoms with Gasteiger partial charge in [-0.3, -0.25) is 15.2 Å². The zero-order valence-corrected chi connectivity index (χ0v) is 7.54. The molecule has 0 fully saturated rings. The third kappa shape index (κ3) is 1.62. The van der Waals surface area contributed by atoms with Gasteiger partial charge in [-0.1, -0.05) is 5.21 Å². The summed E-state index contributed by atoms with van der Waals surface area (Å²) < 4.78 is 0. The Balaban J connectivity index is 2.47. The lowest BCUT2D eigenvalue weighted by molar-refractivity contribution is -0.383. The Morgan fingerprint density at radius 1 is 1.47 bits per heavy atom. The standard InChI is InChI=1S/C8H7N5O2/c9-6-3-5(7-4-10-12-11-7)1-2-8(6)13(14)15/h1-4H,9H2,(H,10,11,12). The topological polar surface area (TPSA) is 111 Å². The van der Waals surface area contributed by atoms with Crippen molar-refractivity contribution in [2.75, 3.05) is 5.73 Å². The summed E-state index contributed by atoms with van der Waals surface area (Å²) in [5.41, 5.74) is 6.92. The van der Waals surface area contributed by atoms with E-state index in [0.29, 0.717) is 11.3 Å². The number of aromatic amines is 1. The first kappa shape index (κ1) is 9.13. The normalized spacial score (nSPS) is 10.1. The predicted octanol–water partition coefficient (Wildman–Crippen LogP) is 0.962. The number of nitro benzene ring substituents is 1. The van der Waals surface area contributed by atoms with Crippen molar-refractivity contribution >= 4 is 11.4 Å². The van der Waals surface area contributed by atoms with Crippen LogP contribution in [0.15, 0.2) is 24.4 Å². The maximum Gasteiger partial charge on any atom is 0.292 e. The molecule has 76 valence electrons. The molecule has 0 aliphatic heterocycles. The molecule has 7 nitrogen and oxygen atoms in total. The minimum absolute atomic E-state index is 0.105. The molecule has 0 radical (unpaired) electrons. The van der Waals surface area contributed by atoms with Crippen molar-refractivity contribution in [1.29, 1.82) is 0 Å². The molecule has 1 heterocycles. The largest absolute Gasteiger partial charge is 0.393 e. The number of nitrogens with zero attached hydrogens (tertiary/aromatic N) is 3. The van der Waals surface area contributed by atoms with Gasteiger partial charge in [-0.25, -0.2) is 0 Å². The van der Waals surface area contributed by atoms with Crippen LogP contribution < -0.4 is 5.73 Å². The summed E-state index contributed by atoms with van der Waals surface area (Å²) in [5, 5.41) is 20.3. The molecular formula is C8H7N5O2. The molecule has 0 spiro atoms. The molecule has 1 aromatic heterocycles. The SMILES string of the molecule is Nc1cc(-c2cnn[nH]2)ccc1[N+](=O)[O-]. The van der Waals surface area contributed by atoms with Gasteiger partial charge in [0.15, 0.2) is 0 Å². The number of nitrogens with one attached hydrogen (secondary N) is 1. The van der Waals surface area contributed by atoms with Gasteiger partial charge in [0.25, 0.3) is 5.69 Å². The van der Waals surface area contributed by atoms with Gasteiger partial charge in [-0.2, -0.15) is 0 Å². The number of aromatic nitrogens is 3. The van der Waals surface area contributed by atoms with Crippen LogP contribution in [0.1, 0.15) is 0 Å². The van der Waals surface area contributed by atoms with Crippen LogP contribution in [-0.4, -0.2) is 20.3 Å². The van der Waals surface area contributed by atoms with Crippen LogP contribution >= 0.6 is 0 Å². The lowest BCUT2D eigenvalue weighted by Crippen LogP contribution is -1.95. The third-order valence-electron chi connectivity index (χ3n) is 1.95. The van der Waals surface area contributed by atoms with Crippen molar-refractivity contribution in [3.05, 3.63) is 34.5 Å². The molecule has 3 N–H and O–H groups in total. The molecular weight excluding hydrogens is 198 g/mol. The van der Waals surface area contributed by atoms with Gasteiger partial charge < -0.3 is 5.73 Å². The summed E-state index contributed by atoms with van der Waals surface area (Å²) in [4.78, 5) is 9.99. The molecule has 0 saturated heterocycles. The first-order chi connectivity index (χ1) is 7.18. The van der Waals surface area contributed by atoms with Crippen molar-refractivity contribution < 1.29 is 4.92 Å². The molecule has 0 bridgehead atoms. The zero-order chi connectivity index (χ0) is 10.8. The van der Waals surface area contributed by atoms with E-state index in [1.165, 1.54) is 18.3 Å². The van der Waals surface area contributed by atoms with E-state index in [0.717, 1.165) is 0 Å². The fraction of sp³-hybridized carbons (Fsp3) is 0. The predicted molar refractivity (Wildman–Crippen MR) is 52.9 cm³/mol. The Morgan fingerprint density at radius 2 is 2.27 bits per heavy atom. The summed E-state index contributed by atoms with van der Waals surface area (Å²) in [6, 6.07) is 4.45. The number of nitrogen functional groups attached to an aromatic ring is 1. The van der Waals surface area contributed by atoms with Gasteiger partial charge in [0, 0.05) is 11.6 Å². The van der Waals surface area contributed by atoms with E-state index in [1.54, 1.807) is 6.07 Å². The van der Waals surface area contributed by atoms with Crippen LogP contribution in [0.5, 0.6) is 0 Å². The summed E-state index contributed by atoms with van der Waals surface area (Å²) in [5.74, 6) is 0. The average molecular weight is 205 g/mol.